The van der Waals surface area contributed by atoms with Crippen LogP contribution in [0, 0.1) is 11.3 Å². The van der Waals surface area contributed by atoms with Crippen LogP contribution in [0.1, 0.15) is 16.7 Å². The number of nitrogen functional groups attached to an aromatic ring is 1. The van der Waals surface area contributed by atoms with Gasteiger partial charge in [-0.05, 0) is 47.9 Å². The summed E-state index contributed by atoms with van der Waals surface area (Å²) in [6.45, 7) is 4.16. The first-order valence-corrected chi connectivity index (χ1v) is 6.34. The van der Waals surface area contributed by atoms with Gasteiger partial charge in [-0.25, -0.2) is 0 Å². The number of hydrogen-bond acceptors (Lipinski definition) is 3. The first-order chi connectivity index (χ1) is 9.72. The second-order valence-electron chi connectivity index (χ2n) is 4.46. The maximum atomic E-state index is 8.88. The van der Waals surface area contributed by atoms with E-state index in [1.54, 1.807) is 6.07 Å². The van der Waals surface area contributed by atoms with Gasteiger partial charge in [-0.15, -0.1) is 6.58 Å². The molecule has 0 saturated heterocycles. The van der Waals surface area contributed by atoms with Crippen molar-refractivity contribution in [3.8, 4) is 11.8 Å². The number of nitriles is 1. The van der Waals surface area contributed by atoms with Crippen LogP contribution in [-0.2, 0) is 13.0 Å². The molecule has 0 unspecified atom stereocenters. The van der Waals surface area contributed by atoms with Gasteiger partial charge in [0.1, 0.15) is 12.4 Å². The number of hydrogen-bond donors (Lipinski definition) is 1. The summed E-state index contributed by atoms with van der Waals surface area (Å²) >= 11 is 0. The number of nitrogens with two attached hydrogens (primary N) is 1. The minimum Gasteiger partial charge on any atom is -0.489 e. The first kappa shape index (κ1) is 13.7. The van der Waals surface area contributed by atoms with Gasteiger partial charge < -0.3 is 10.5 Å². The topological polar surface area (TPSA) is 59.0 Å². The van der Waals surface area contributed by atoms with Gasteiger partial charge in [0.25, 0.3) is 0 Å². The molecule has 2 aromatic rings. The zero-order valence-electron chi connectivity index (χ0n) is 11.2. The predicted octanol–water partition coefficient (Wildman–Crippen LogP) is 3.45. The largest absolute Gasteiger partial charge is 0.489 e. The van der Waals surface area contributed by atoms with Crippen molar-refractivity contribution in [3.05, 3.63) is 71.8 Å². The zero-order chi connectivity index (χ0) is 14.4. The molecule has 3 heteroatoms. The Bertz CT molecular complexity index is 656. The van der Waals surface area contributed by atoms with Gasteiger partial charge in [-0.3, -0.25) is 0 Å². The van der Waals surface area contributed by atoms with E-state index in [4.69, 9.17) is 15.7 Å². The summed E-state index contributed by atoms with van der Waals surface area (Å²) in [5, 5.41) is 8.88. The maximum Gasteiger partial charge on any atom is 0.123 e. The molecule has 2 rings (SSSR count). The molecule has 20 heavy (non-hydrogen) atoms. The maximum absolute atomic E-state index is 8.88. The Kier molecular flexibility index (Phi) is 4.41. The van der Waals surface area contributed by atoms with Crippen LogP contribution in [0.3, 0.4) is 0 Å². The third-order valence-electron chi connectivity index (χ3n) is 2.90. The number of nitrogens with zero attached hydrogens (tertiary/aromatic N) is 1. The van der Waals surface area contributed by atoms with Crippen molar-refractivity contribution >= 4 is 5.69 Å². The number of anilines is 1. The van der Waals surface area contributed by atoms with Crippen molar-refractivity contribution in [2.24, 2.45) is 0 Å². The van der Waals surface area contributed by atoms with Gasteiger partial charge in [0.05, 0.1) is 11.6 Å². The lowest BCUT2D eigenvalue weighted by Gasteiger charge is -2.11. The Morgan fingerprint density at radius 2 is 2.10 bits per heavy atom. The molecule has 0 aromatic heterocycles. The van der Waals surface area contributed by atoms with Gasteiger partial charge in [-0.1, -0.05) is 18.2 Å². The lowest BCUT2D eigenvalue weighted by atomic mass is 10.1. The number of allylic oxidation sites excluding steroid dienone is 1. The van der Waals surface area contributed by atoms with E-state index in [-0.39, 0.29) is 0 Å². The van der Waals surface area contributed by atoms with E-state index in [0.717, 1.165) is 16.9 Å². The summed E-state index contributed by atoms with van der Waals surface area (Å²) in [5.74, 6) is 0.793. The fourth-order valence-electron chi connectivity index (χ4n) is 1.95. The Morgan fingerprint density at radius 3 is 2.85 bits per heavy atom. The van der Waals surface area contributed by atoms with E-state index in [0.29, 0.717) is 24.3 Å². The van der Waals surface area contributed by atoms with E-state index in [1.165, 1.54) is 0 Å². The molecule has 0 heterocycles. The summed E-state index contributed by atoms with van der Waals surface area (Å²) in [7, 11) is 0. The summed E-state index contributed by atoms with van der Waals surface area (Å²) in [6.07, 6.45) is 2.52. The van der Waals surface area contributed by atoms with Crippen molar-refractivity contribution in [2.45, 2.75) is 13.0 Å². The van der Waals surface area contributed by atoms with E-state index in [9.17, 15) is 0 Å². The van der Waals surface area contributed by atoms with Gasteiger partial charge in [-0.2, -0.15) is 5.26 Å². The molecular weight excluding hydrogens is 248 g/mol. The fraction of sp³-hybridized carbons (Fsp3) is 0.118. The van der Waals surface area contributed by atoms with Crippen LogP contribution in [0.25, 0.3) is 0 Å². The van der Waals surface area contributed by atoms with Crippen LogP contribution in [0.2, 0.25) is 0 Å². The lowest BCUT2D eigenvalue weighted by Crippen LogP contribution is -1.99. The highest BCUT2D eigenvalue weighted by molar-refractivity contribution is 5.48. The Labute approximate surface area is 118 Å². The molecule has 0 fully saturated rings. The fourth-order valence-corrected chi connectivity index (χ4v) is 1.95. The minimum absolute atomic E-state index is 0.420. The second-order valence-corrected chi connectivity index (χ2v) is 4.46. The van der Waals surface area contributed by atoms with Crippen LogP contribution in [0.4, 0.5) is 5.69 Å². The molecule has 2 N–H and O–H groups in total. The molecular formula is C17H16N2O. The molecule has 3 nitrogen and oxygen atoms in total. The van der Waals surface area contributed by atoms with E-state index in [2.05, 4.69) is 12.6 Å². The van der Waals surface area contributed by atoms with Crippen molar-refractivity contribution in [3.63, 3.8) is 0 Å². The molecule has 0 aliphatic heterocycles. The van der Waals surface area contributed by atoms with Crippen molar-refractivity contribution in [1.29, 1.82) is 5.26 Å². The summed E-state index contributed by atoms with van der Waals surface area (Å²) in [5.41, 5.74) is 9.09. The molecule has 0 bridgehead atoms. The number of ether oxygens (including phenoxy) is 1. The molecule has 100 valence electrons. The first-order valence-electron chi connectivity index (χ1n) is 6.34. The Hall–Kier alpha value is -2.73. The summed E-state index contributed by atoms with van der Waals surface area (Å²) < 4.78 is 5.82. The number of benzene rings is 2. The van der Waals surface area contributed by atoms with Crippen molar-refractivity contribution < 1.29 is 4.74 Å². The SMILES string of the molecule is C=CCc1cc(N)ccc1OCc1cccc(C#N)c1. The molecule has 0 atom stereocenters. The molecule has 0 saturated carbocycles. The second kappa shape index (κ2) is 6.44. The molecule has 0 spiro atoms. The Morgan fingerprint density at radius 1 is 1.25 bits per heavy atom. The van der Waals surface area contributed by atoms with Gasteiger partial charge in [0, 0.05) is 5.69 Å². The molecule has 0 amide bonds. The van der Waals surface area contributed by atoms with Crippen LogP contribution in [0.15, 0.2) is 55.1 Å². The van der Waals surface area contributed by atoms with Crippen molar-refractivity contribution in [1.82, 2.24) is 0 Å². The van der Waals surface area contributed by atoms with Gasteiger partial charge >= 0.3 is 0 Å². The average Bonchev–Trinajstić information content (AvgIpc) is 2.47. The summed E-state index contributed by atoms with van der Waals surface area (Å²) in [4.78, 5) is 0. The van der Waals surface area contributed by atoms with Crippen LogP contribution in [-0.4, -0.2) is 0 Å². The molecule has 0 aliphatic carbocycles. The van der Waals surface area contributed by atoms with Crippen LogP contribution in [0.5, 0.6) is 5.75 Å². The standard InChI is InChI=1S/C17H16N2O/c1-2-4-15-10-16(19)7-8-17(15)20-12-14-6-3-5-13(9-14)11-18/h2-3,5-10H,1,4,12,19H2. The molecule has 0 radical (unpaired) electrons. The van der Waals surface area contributed by atoms with E-state index < -0.39 is 0 Å². The Balaban J connectivity index is 2.14. The number of rotatable bonds is 5. The third kappa shape index (κ3) is 3.39. The quantitative estimate of drug-likeness (QED) is 0.664. The highest BCUT2D eigenvalue weighted by Crippen LogP contribution is 2.23. The van der Waals surface area contributed by atoms with Gasteiger partial charge in [0.2, 0.25) is 0 Å². The minimum atomic E-state index is 0.420. The normalized spacial score (nSPS) is 9.75. The van der Waals surface area contributed by atoms with E-state index in [1.807, 2.05) is 42.5 Å². The smallest absolute Gasteiger partial charge is 0.123 e. The third-order valence-corrected chi connectivity index (χ3v) is 2.90. The average molecular weight is 264 g/mol. The predicted molar refractivity (Wildman–Crippen MR) is 80.2 cm³/mol. The van der Waals surface area contributed by atoms with E-state index >= 15 is 0 Å². The summed E-state index contributed by atoms with van der Waals surface area (Å²) in [6, 6.07) is 15.1. The highest BCUT2D eigenvalue weighted by Gasteiger charge is 2.04. The highest BCUT2D eigenvalue weighted by atomic mass is 16.5. The molecule has 0 aliphatic rings. The van der Waals surface area contributed by atoms with Crippen molar-refractivity contribution in [2.75, 3.05) is 5.73 Å². The van der Waals surface area contributed by atoms with Crippen LogP contribution < -0.4 is 10.5 Å². The zero-order valence-corrected chi connectivity index (χ0v) is 11.2. The lowest BCUT2D eigenvalue weighted by molar-refractivity contribution is 0.303. The van der Waals surface area contributed by atoms with Crippen LogP contribution >= 0.6 is 0 Å². The van der Waals surface area contributed by atoms with Gasteiger partial charge in [0.15, 0.2) is 0 Å². The molecule has 2 aromatic carbocycles. The monoisotopic (exact) mass is 264 g/mol.